The number of sulfone groups is 1. The van der Waals surface area contributed by atoms with Gasteiger partial charge in [-0.05, 0) is 44.5 Å². The van der Waals surface area contributed by atoms with E-state index in [2.05, 4.69) is 4.90 Å². The third-order valence-corrected chi connectivity index (χ3v) is 5.24. The molecule has 1 aliphatic heterocycles. The molecule has 1 aliphatic rings. The van der Waals surface area contributed by atoms with Crippen LogP contribution < -0.4 is 5.73 Å². The second-order valence-electron chi connectivity index (χ2n) is 4.85. The number of nitrogen functional groups attached to an aromatic ring is 1. The Morgan fingerprint density at radius 2 is 1.94 bits per heavy atom. The minimum atomic E-state index is -3.27. The topological polar surface area (TPSA) is 63.4 Å². The number of para-hydroxylation sites is 1. The third kappa shape index (κ3) is 2.84. The monoisotopic (exact) mass is 268 g/mol. The average Bonchev–Trinajstić information content (AvgIpc) is 2.83. The highest BCUT2D eigenvalue weighted by molar-refractivity contribution is 7.91. The van der Waals surface area contributed by atoms with Crippen LogP contribution in [0.15, 0.2) is 23.1 Å². The van der Waals surface area contributed by atoms with Crippen LogP contribution in [0.5, 0.6) is 0 Å². The standard InChI is InChI=1S/C13H20N2O2S/c1-11-5-4-6-12(13(11)14)18(16,17)10-9-15-7-2-3-8-15/h4-6H,2-3,7-10,14H2,1H3. The molecule has 0 aliphatic carbocycles. The van der Waals surface area contributed by atoms with Gasteiger partial charge in [0.1, 0.15) is 0 Å². The van der Waals surface area contributed by atoms with E-state index >= 15 is 0 Å². The molecule has 0 aromatic heterocycles. The molecule has 0 radical (unpaired) electrons. The molecule has 100 valence electrons. The molecule has 2 rings (SSSR count). The molecule has 1 saturated heterocycles. The summed E-state index contributed by atoms with van der Waals surface area (Å²) in [7, 11) is -3.27. The van der Waals surface area contributed by atoms with Crippen molar-refractivity contribution in [3.05, 3.63) is 23.8 Å². The highest BCUT2D eigenvalue weighted by Crippen LogP contribution is 2.23. The Bertz CT molecular complexity index is 520. The van der Waals surface area contributed by atoms with E-state index in [-0.39, 0.29) is 10.6 Å². The molecule has 0 unspecified atom stereocenters. The smallest absolute Gasteiger partial charge is 0.181 e. The van der Waals surface area contributed by atoms with Crippen LogP contribution in [-0.4, -0.2) is 38.7 Å². The minimum absolute atomic E-state index is 0.153. The molecule has 1 aromatic rings. The van der Waals surface area contributed by atoms with Crippen molar-refractivity contribution in [1.82, 2.24) is 4.90 Å². The summed E-state index contributed by atoms with van der Waals surface area (Å²) in [5.74, 6) is 0.153. The number of likely N-dealkylation sites (tertiary alicyclic amines) is 1. The number of nitrogens with zero attached hydrogens (tertiary/aromatic N) is 1. The van der Waals surface area contributed by atoms with E-state index in [1.165, 1.54) is 12.8 Å². The molecular weight excluding hydrogens is 248 g/mol. The van der Waals surface area contributed by atoms with Crippen molar-refractivity contribution < 1.29 is 8.42 Å². The summed E-state index contributed by atoms with van der Waals surface area (Å²) in [4.78, 5) is 2.48. The number of anilines is 1. The van der Waals surface area contributed by atoms with Crippen LogP contribution in [0.4, 0.5) is 5.69 Å². The lowest BCUT2D eigenvalue weighted by atomic mass is 10.2. The van der Waals surface area contributed by atoms with Crippen LogP contribution in [0, 0.1) is 6.92 Å². The van der Waals surface area contributed by atoms with Crippen LogP contribution in [-0.2, 0) is 9.84 Å². The quantitative estimate of drug-likeness (QED) is 0.839. The Morgan fingerprint density at radius 1 is 1.28 bits per heavy atom. The van der Waals surface area contributed by atoms with Crippen molar-refractivity contribution in [2.75, 3.05) is 31.1 Å². The molecule has 0 spiro atoms. The van der Waals surface area contributed by atoms with E-state index in [0.717, 1.165) is 18.7 Å². The fourth-order valence-electron chi connectivity index (χ4n) is 2.29. The van der Waals surface area contributed by atoms with Crippen molar-refractivity contribution in [3.8, 4) is 0 Å². The Hall–Kier alpha value is -1.07. The zero-order chi connectivity index (χ0) is 13.2. The molecule has 5 heteroatoms. The molecule has 0 atom stereocenters. The van der Waals surface area contributed by atoms with E-state index in [4.69, 9.17) is 5.73 Å². The normalized spacial score (nSPS) is 17.2. The van der Waals surface area contributed by atoms with Crippen LogP contribution in [0.3, 0.4) is 0 Å². The summed E-state index contributed by atoms with van der Waals surface area (Å²) in [5.41, 5.74) is 7.06. The van der Waals surface area contributed by atoms with Gasteiger partial charge < -0.3 is 10.6 Å². The fraction of sp³-hybridized carbons (Fsp3) is 0.538. The molecule has 0 bridgehead atoms. The van der Waals surface area contributed by atoms with Crippen molar-refractivity contribution in [2.45, 2.75) is 24.7 Å². The largest absolute Gasteiger partial charge is 0.397 e. The number of benzene rings is 1. The lowest BCUT2D eigenvalue weighted by Crippen LogP contribution is -2.26. The van der Waals surface area contributed by atoms with Gasteiger partial charge in [-0.25, -0.2) is 8.42 Å². The van der Waals surface area contributed by atoms with Crippen molar-refractivity contribution in [2.24, 2.45) is 0 Å². The van der Waals surface area contributed by atoms with Crippen molar-refractivity contribution in [1.29, 1.82) is 0 Å². The van der Waals surface area contributed by atoms with Crippen molar-refractivity contribution >= 4 is 15.5 Å². The van der Waals surface area contributed by atoms with Gasteiger partial charge in [-0.2, -0.15) is 0 Å². The average molecular weight is 268 g/mol. The molecular formula is C13H20N2O2S. The summed E-state index contributed by atoms with van der Waals surface area (Å²) >= 11 is 0. The maximum Gasteiger partial charge on any atom is 0.181 e. The van der Waals surface area contributed by atoms with Gasteiger partial charge in [0.25, 0.3) is 0 Å². The number of hydrogen-bond donors (Lipinski definition) is 1. The highest BCUT2D eigenvalue weighted by Gasteiger charge is 2.20. The molecule has 0 saturated carbocycles. The van der Waals surface area contributed by atoms with Gasteiger partial charge in [0, 0.05) is 6.54 Å². The Morgan fingerprint density at radius 3 is 2.61 bits per heavy atom. The summed E-state index contributed by atoms with van der Waals surface area (Å²) < 4.78 is 24.5. The molecule has 1 heterocycles. The van der Waals surface area contributed by atoms with Crippen molar-refractivity contribution in [3.63, 3.8) is 0 Å². The van der Waals surface area contributed by atoms with Gasteiger partial charge >= 0.3 is 0 Å². The van der Waals surface area contributed by atoms with E-state index in [0.29, 0.717) is 12.2 Å². The minimum Gasteiger partial charge on any atom is -0.397 e. The van der Waals surface area contributed by atoms with Gasteiger partial charge in [-0.15, -0.1) is 0 Å². The maximum atomic E-state index is 12.3. The van der Waals surface area contributed by atoms with Crippen LogP contribution in [0.1, 0.15) is 18.4 Å². The van der Waals surface area contributed by atoms with Gasteiger partial charge in [0.05, 0.1) is 16.3 Å². The highest BCUT2D eigenvalue weighted by atomic mass is 32.2. The van der Waals surface area contributed by atoms with Gasteiger partial charge in [-0.3, -0.25) is 0 Å². The number of rotatable bonds is 4. The SMILES string of the molecule is Cc1cccc(S(=O)(=O)CCN2CCCC2)c1N. The number of aryl methyl sites for hydroxylation is 1. The second-order valence-corrected chi connectivity index (χ2v) is 6.93. The van der Waals surface area contributed by atoms with Crippen LogP contribution >= 0.6 is 0 Å². The number of nitrogens with two attached hydrogens (primary N) is 1. The first-order chi connectivity index (χ1) is 8.50. The Balaban J connectivity index is 2.12. The van der Waals surface area contributed by atoms with Crippen LogP contribution in [0.2, 0.25) is 0 Å². The summed E-state index contributed by atoms with van der Waals surface area (Å²) in [6, 6.07) is 5.17. The van der Waals surface area contributed by atoms with Gasteiger partial charge in [0.2, 0.25) is 0 Å². The maximum absolute atomic E-state index is 12.3. The van der Waals surface area contributed by atoms with Crippen LogP contribution in [0.25, 0.3) is 0 Å². The first-order valence-electron chi connectivity index (χ1n) is 6.31. The van der Waals surface area contributed by atoms with E-state index in [1.807, 2.05) is 13.0 Å². The number of hydrogen-bond acceptors (Lipinski definition) is 4. The molecule has 1 fully saturated rings. The first-order valence-corrected chi connectivity index (χ1v) is 7.96. The van der Waals surface area contributed by atoms with Gasteiger partial charge in [0.15, 0.2) is 9.84 Å². The van der Waals surface area contributed by atoms with Gasteiger partial charge in [-0.1, -0.05) is 12.1 Å². The Labute approximate surface area is 109 Å². The zero-order valence-electron chi connectivity index (χ0n) is 10.7. The van der Waals surface area contributed by atoms with E-state index in [9.17, 15) is 8.42 Å². The molecule has 2 N–H and O–H groups in total. The lowest BCUT2D eigenvalue weighted by molar-refractivity contribution is 0.359. The predicted molar refractivity (Wildman–Crippen MR) is 73.3 cm³/mol. The summed E-state index contributed by atoms with van der Waals surface area (Å²) in [6.45, 7) is 4.46. The fourth-order valence-corrected chi connectivity index (χ4v) is 3.79. The molecule has 1 aromatic carbocycles. The molecule has 0 amide bonds. The molecule has 4 nitrogen and oxygen atoms in total. The third-order valence-electron chi connectivity index (χ3n) is 3.49. The predicted octanol–water partition coefficient (Wildman–Crippen LogP) is 1.45. The Kier molecular flexibility index (Phi) is 3.92. The summed E-state index contributed by atoms with van der Waals surface area (Å²) in [6.07, 6.45) is 2.35. The zero-order valence-corrected chi connectivity index (χ0v) is 11.5. The second kappa shape index (κ2) is 5.28. The molecule has 18 heavy (non-hydrogen) atoms. The van der Waals surface area contributed by atoms with E-state index < -0.39 is 9.84 Å². The summed E-state index contributed by atoms with van der Waals surface area (Å²) in [5, 5.41) is 0. The first kappa shape index (κ1) is 13.4. The lowest BCUT2D eigenvalue weighted by Gasteiger charge is -2.15. The van der Waals surface area contributed by atoms with E-state index in [1.54, 1.807) is 12.1 Å².